The molecule has 0 aliphatic carbocycles. The highest BCUT2D eigenvalue weighted by atomic mass is 16.2. The van der Waals surface area contributed by atoms with E-state index >= 15 is 0 Å². The molecule has 1 N–H and O–H groups in total. The number of nitrogens with one attached hydrogen (secondary N) is 1. The van der Waals surface area contributed by atoms with Gasteiger partial charge >= 0.3 is 0 Å². The molecule has 1 aliphatic rings. The molecule has 3 heterocycles. The van der Waals surface area contributed by atoms with Crippen molar-refractivity contribution in [1.29, 1.82) is 0 Å². The fourth-order valence-electron chi connectivity index (χ4n) is 2.86. The number of aromatic nitrogens is 3. The molecular formula is C18H24N6O. The van der Waals surface area contributed by atoms with Crippen LogP contribution in [0.1, 0.15) is 28.8 Å². The number of piperazine rings is 1. The van der Waals surface area contributed by atoms with Crippen LogP contribution in [0.2, 0.25) is 0 Å². The number of carbonyl (C=O) groups excluding carboxylic acids is 1. The van der Waals surface area contributed by atoms with Crippen molar-refractivity contribution >= 4 is 11.9 Å². The van der Waals surface area contributed by atoms with E-state index in [1.165, 1.54) is 0 Å². The number of likely N-dealkylation sites (N-methyl/N-ethyl adjacent to an activating group) is 1. The average molecular weight is 340 g/mol. The van der Waals surface area contributed by atoms with E-state index in [-0.39, 0.29) is 5.91 Å². The van der Waals surface area contributed by atoms with Crippen LogP contribution in [0.5, 0.6) is 0 Å². The zero-order valence-electron chi connectivity index (χ0n) is 14.8. The Morgan fingerprint density at radius 3 is 2.68 bits per heavy atom. The molecule has 0 bridgehead atoms. The Bertz CT molecular complexity index is 713. The van der Waals surface area contributed by atoms with Crippen LogP contribution < -0.4 is 5.32 Å². The number of nitrogens with zero attached hydrogens (tertiary/aromatic N) is 5. The molecule has 1 aliphatic heterocycles. The Balaban J connectivity index is 1.67. The van der Waals surface area contributed by atoms with Gasteiger partial charge in [0.25, 0.3) is 5.91 Å². The highest BCUT2D eigenvalue weighted by molar-refractivity contribution is 5.92. The fourth-order valence-corrected chi connectivity index (χ4v) is 2.86. The van der Waals surface area contributed by atoms with Gasteiger partial charge < -0.3 is 15.1 Å². The van der Waals surface area contributed by atoms with Gasteiger partial charge in [-0.1, -0.05) is 13.0 Å². The average Bonchev–Trinajstić information content (AvgIpc) is 2.66. The van der Waals surface area contributed by atoms with Crippen LogP contribution in [0, 0.1) is 6.92 Å². The molecule has 0 aromatic carbocycles. The van der Waals surface area contributed by atoms with Gasteiger partial charge in [-0.15, -0.1) is 0 Å². The number of carbonyl (C=O) groups is 1. The summed E-state index contributed by atoms with van der Waals surface area (Å²) in [4.78, 5) is 30.0. The smallest absolute Gasteiger partial charge is 0.272 e. The quantitative estimate of drug-likeness (QED) is 0.891. The summed E-state index contributed by atoms with van der Waals surface area (Å²) in [7, 11) is 0. The van der Waals surface area contributed by atoms with Gasteiger partial charge in [0.05, 0.1) is 12.2 Å². The summed E-state index contributed by atoms with van der Waals surface area (Å²) in [6.45, 7) is 8.88. The highest BCUT2D eigenvalue weighted by Gasteiger charge is 2.23. The van der Waals surface area contributed by atoms with Gasteiger partial charge in [-0.05, 0) is 31.7 Å². The summed E-state index contributed by atoms with van der Waals surface area (Å²) in [5.41, 5.74) is 2.12. The maximum atomic E-state index is 12.8. The molecule has 132 valence electrons. The Morgan fingerprint density at radius 1 is 1.20 bits per heavy atom. The van der Waals surface area contributed by atoms with Gasteiger partial charge in [0.1, 0.15) is 5.69 Å². The molecule has 0 spiro atoms. The van der Waals surface area contributed by atoms with Gasteiger partial charge in [-0.2, -0.15) is 0 Å². The number of hydrogen-bond acceptors (Lipinski definition) is 6. The minimum absolute atomic E-state index is 0.0258. The van der Waals surface area contributed by atoms with E-state index in [0.717, 1.165) is 44.1 Å². The van der Waals surface area contributed by atoms with Gasteiger partial charge in [0.2, 0.25) is 5.95 Å². The number of rotatable bonds is 5. The van der Waals surface area contributed by atoms with E-state index in [1.807, 2.05) is 30.0 Å². The number of anilines is 1. The van der Waals surface area contributed by atoms with E-state index < -0.39 is 0 Å². The summed E-state index contributed by atoms with van der Waals surface area (Å²) in [6, 6.07) is 7.50. The Morgan fingerprint density at radius 2 is 2.00 bits per heavy atom. The second-order valence-corrected chi connectivity index (χ2v) is 6.12. The third-order valence-corrected chi connectivity index (χ3v) is 4.33. The Hall–Kier alpha value is -2.54. The van der Waals surface area contributed by atoms with E-state index in [9.17, 15) is 4.79 Å². The minimum atomic E-state index is -0.0258. The Labute approximate surface area is 148 Å². The molecular weight excluding hydrogens is 316 g/mol. The molecule has 25 heavy (non-hydrogen) atoms. The monoisotopic (exact) mass is 340 g/mol. The molecule has 3 rings (SSSR count). The molecule has 0 atom stereocenters. The highest BCUT2D eigenvalue weighted by Crippen LogP contribution is 2.11. The summed E-state index contributed by atoms with van der Waals surface area (Å²) >= 11 is 0. The molecule has 1 saturated heterocycles. The first-order chi connectivity index (χ1) is 12.2. The van der Waals surface area contributed by atoms with Crippen molar-refractivity contribution in [2.45, 2.75) is 20.4 Å². The van der Waals surface area contributed by atoms with Gasteiger partial charge in [0, 0.05) is 38.1 Å². The molecule has 0 unspecified atom stereocenters. The third kappa shape index (κ3) is 4.51. The third-order valence-electron chi connectivity index (χ3n) is 4.33. The second-order valence-electron chi connectivity index (χ2n) is 6.12. The van der Waals surface area contributed by atoms with Gasteiger partial charge in [-0.3, -0.25) is 9.78 Å². The van der Waals surface area contributed by atoms with Crippen LogP contribution in [0.3, 0.4) is 0 Å². The van der Waals surface area contributed by atoms with E-state index in [4.69, 9.17) is 0 Å². The summed E-state index contributed by atoms with van der Waals surface area (Å²) in [6.07, 6.45) is 1.75. The van der Waals surface area contributed by atoms with Gasteiger partial charge in [-0.25, -0.2) is 9.97 Å². The summed E-state index contributed by atoms with van der Waals surface area (Å²) in [5.74, 6) is 0.434. The first-order valence-electron chi connectivity index (χ1n) is 8.67. The predicted molar refractivity (Wildman–Crippen MR) is 96.4 cm³/mol. The van der Waals surface area contributed by atoms with Crippen LogP contribution in [-0.4, -0.2) is 63.4 Å². The van der Waals surface area contributed by atoms with Crippen LogP contribution >= 0.6 is 0 Å². The second kappa shape index (κ2) is 8.02. The van der Waals surface area contributed by atoms with Crippen molar-refractivity contribution in [3.8, 4) is 0 Å². The lowest BCUT2D eigenvalue weighted by molar-refractivity contribution is 0.0637. The lowest BCUT2D eigenvalue weighted by Gasteiger charge is -2.33. The van der Waals surface area contributed by atoms with E-state index in [2.05, 4.69) is 32.1 Å². The largest absolute Gasteiger partial charge is 0.349 e. The number of pyridine rings is 1. The standard InChI is InChI=1S/C18H24N6O/c1-3-23-8-10-24(11-9-23)17(25)16-12-14(2)21-18(22-16)20-13-15-6-4-5-7-19-15/h4-7,12H,3,8-11,13H2,1-2H3,(H,20,21,22). The van der Waals surface area contributed by atoms with Crippen LogP contribution in [0.15, 0.2) is 30.5 Å². The predicted octanol–water partition coefficient (Wildman–Crippen LogP) is 1.57. The molecule has 2 aromatic heterocycles. The molecule has 0 radical (unpaired) electrons. The van der Waals surface area contributed by atoms with Crippen molar-refractivity contribution in [3.63, 3.8) is 0 Å². The lowest BCUT2D eigenvalue weighted by Crippen LogP contribution is -2.48. The van der Waals surface area contributed by atoms with Crippen LogP contribution in [-0.2, 0) is 6.54 Å². The molecule has 7 nitrogen and oxygen atoms in total. The maximum absolute atomic E-state index is 12.8. The van der Waals surface area contributed by atoms with Crippen molar-refractivity contribution in [2.24, 2.45) is 0 Å². The topological polar surface area (TPSA) is 74.2 Å². The van der Waals surface area contributed by atoms with E-state index in [0.29, 0.717) is 18.2 Å². The van der Waals surface area contributed by atoms with Crippen molar-refractivity contribution in [1.82, 2.24) is 24.8 Å². The van der Waals surface area contributed by atoms with Gasteiger partial charge in [0.15, 0.2) is 0 Å². The number of aryl methyl sites for hydroxylation is 1. The zero-order valence-corrected chi connectivity index (χ0v) is 14.8. The molecule has 0 saturated carbocycles. The van der Waals surface area contributed by atoms with Crippen molar-refractivity contribution in [3.05, 3.63) is 47.5 Å². The fraction of sp³-hybridized carbons (Fsp3) is 0.444. The normalized spacial score (nSPS) is 15.2. The molecule has 1 fully saturated rings. The van der Waals surface area contributed by atoms with Crippen LogP contribution in [0.4, 0.5) is 5.95 Å². The molecule has 1 amide bonds. The van der Waals surface area contributed by atoms with Crippen molar-refractivity contribution < 1.29 is 4.79 Å². The van der Waals surface area contributed by atoms with Crippen molar-refractivity contribution in [2.75, 3.05) is 38.0 Å². The first kappa shape index (κ1) is 17.3. The zero-order chi connectivity index (χ0) is 17.6. The lowest BCUT2D eigenvalue weighted by atomic mass is 10.2. The Kier molecular flexibility index (Phi) is 5.55. The first-order valence-corrected chi connectivity index (χ1v) is 8.67. The van der Waals surface area contributed by atoms with Crippen LogP contribution in [0.25, 0.3) is 0 Å². The summed E-state index contributed by atoms with van der Waals surface area (Å²) in [5, 5.41) is 3.15. The molecule has 7 heteroatoms. The maximum Gasteiger partial charge on any atom is 0.272 e. The van der Waals surface area contributed by atoms with E-state index in [1.54, 1.807) is 12.3 Å². The number of hydrogen-bond donors (Lipinski definition) is 1. The molecule has 2 aromatic rings. The minimum Gasteiger partial charge on any atom is -0.349 e. The SMILES string of the molecule is CCN1CCN(C(=O)c2cc(C)nc(NCc3ccccn3)n2)CC1. The number of amides is 1. The summed E-state index contributed by atoms with van der Waals surface area (Å²) < 4.78 is 0.